The van der Waals surface area contributed by atoms with Crippen molar-refractivity contribution in [3.63, 3.8) is 0 Å². The van der Waals surface area contributed by atoms with Crippen LogP contribution in [0.2, 0.25) is 5.02 Å². The summed E-state index contributed by atoms with van der Waals surface area (Å²) in [4.78, 5) is 14.6. The number of rotatable bonds is 6. The summed E-state index contributed by atoms with van der Waals surface area (Å²) in [5, 5.41) is 0.657. The molecule has 2 rings (SSSR count). The van der Waals surface area contributed by atoms with Gasteiger partial charge in [0.2, 0.25) is 5.89 Å². The molecule has 112 valence electrons. The molecule has 21 heavy (non-hydrogen) atoms. The number of halogens is 1. The molecule has 0 unspecified atom stereocenters. The Labute approximate surface area is 127 Å². The zero-order valence-electron chi connectivity index (χ0n) is 11.3. The number of nitrogens with two attached hydrogens (primary N) is 2. The summed E-state index contributed by atoms with van der Waals surface area (Å²) in [5.41, 5.74) is 11.7. The third-order valence-electron chi connectivity index (χ3n) is 2.87. The minimum absolute atomic E-state index is 0.230. The van der Waals surface area contributed by atoms with Crippen molar-refractivity contribution in [1.82, 2.24) is 4.98 Å². The van der Waals surface area contributed by atoms with E-state index < -0.39 is 6.09 Å². The Morgan fingerprint density at radius 3 is 2.76 bits per heavy atom. The maximum Gasteiger partial charge on any atom is 0.404 e. The molecule has 0 aliphatic rings. The molecule has 0 aliphatic heterocycles. The van der Waals surface area contributed by atoms with E-state index in [-0.39, 0.29) is 12.6 Å². The Morgan fingerprint density at radius 1 is 1.38 bits per heavy atom. The first-order valence-electron chi connectivity index (χ1n) is 6.45. The van der Waals surface area contributed by atoms with E-state index in [0.29, 0.717) is 29.5 Å². The Hall–Kier alpha value is -2.05. The molecule has 0 aliphatic carbocycles. The van der Waals surface area contributed by atoms with Gasteiger partial charge >= 0.3 is 6.09 Å². The van der Waals surface area contributed by atoms with Gasteiger partial charge in [-0.3, -0.25) is 0 Å². The third kappa shape index (κ3) is 4.47. The monoisotopic (exact) mass is 309 g/mol. The molecule has 0 radical (unpaired) electrons. The van der Waals surface area contributed by atoms with E-state index in [0.717, 1.165) is 5.56 Å². The second-order valence-electron chi connectivity index (χ2n) is 4.49. The van der Waals surface area contributed by atoms with Crippen molar-refractivity contribution in [3.05, 3.63) is 41.4 Å². The summed E-state index contributed by atoms with van der Waals surface area (Å²) in [5.74, 6) is 1.07. The number of primary amides is 1. The zero-order valence-corrected chi connectivity index (χ0v) is 12.0. The number of benzene rings is 1. The summed E-state index contributed by atoms with van der Waals surface area (Å²) < 4.78 is 10.3. The van der Waals surface area contributed by atoms with Crippen molar-refractivity contribution in [3.8, 4) is 11.3 Å². The molecule has 0 spiro atoms. The highest BCUT2D eigenvalue weighted by Gasteiger charge is 2.14. The Morgan fingerprint density at radius 2 is 2.10 bits per heavy atom. The van der Waals surface area contributed by atoms with E-state index in [2.05, 4.69) is 9.72 Å². The first kappa shape index (κ1) is 15.3. The molecular weight excluding hydrogens is 294 g/mol. The van der Waals surface area contributed by atoms with E-state index >= 15 is 0 Å². The predicted octanol–water partition coefficient (Wildman–Crippen LogP) is 2.87. The molecule has 1 aromatic heterocycles. The molecule has 1 aromatic carbocycles. The van der Waals surface area contributed by atoms with E-state index in [1.165, 1.54) is 0 Å². The third-order valence-corrected chi connectivity index (χ3v) is 3.13. The molecule has 4 N–H and O–H groups in total. The largest absolute Gasteiger partial charge is 0.450 e. The molecule has 1 amide bonds. The second-order valence-corrected chi connectivity index (χ2v) is 4.92. The highest BCUT2D eigenvalue weighted by Crippen LogP contribution is 2.25. The molecule has 1 atom stereocenters. The molecule has 1 heterocycles. The van der Waals surface area contributed by atoms with Crippen LogP contribution in [0.15, 0.2) is 34.9 Å². The number of amides is 1. The van der Waals surface area contributed by atoms with Gasteiger partial charge < -0.3 is 20.6 Å². The maximum absolute atomic E-state index is 10.4. The van der Waals surface area contributed by atoms with Crippen molar-refractivity contribution >= 4 is 17.7 Å². The average Bonchev–Trinajstić information content (AvgIpc) is 2.94. The minimum atomic E-state index is -0.787. The average molecular weight is 310 g/mol. The van der Waals surface area contributed by atoms with Crippen LogP contribution in [-0.2, 0) is 4.74 Å². The number of hydrogen-bond acceptors (Lipinski definition) is 5. The maximum atomic E-state index is 10.4. The van der Waals surface area contributed by atoms with Gasteiger partial charge in [-0.2, -0.15) is 0 Å². The molecule has 0 fully saturated rings. The number of hydrogen-bond donors (Lipinski definition) is 2. The van der Waals surface area contributed by atoms with Crippen LogP contribution in [0.3, 0.4) is 0 Å². The Kier molecular flexibility index (Phi) is 5.19. The number of ether oxygens (including phenoxy) is 1. The zero-order chi connectivity index (χ0) is 15.2. The lowest BCUT2D eigenvalue weighted by Gasteiger charge is -2.07. The Balaban J connectivity index is 1.92. The van der Waals surface area contributed by atoms with Gasteiger partial charge in [0.15, 0.2) is 5.76 Å². The van der Waals surface area contributed by atoms with Crippen molar-refractivity contribution in [1.29, 1.82) is 0 Å². The SMILES string of the molecule is NC(=O)OCCC[C@H](N)c1ncc(-c2ccc(Cl)cc2)o1. The molecule has 0 bridgehead atoms. The molecule has 7 heteroatoms. The number of carbonyl (C=O) groups excluding carboxylic acids is 1. The summed E-state index contributed by atoms with van der Waals surface area (Å²) in [6, 6.07) is 6.89. The first-order valence-corrected chi connectivity index (χ1v) is 6.83. The highest BCUT2D eigenvalue weighted by molar-refractivity contribution is 6.30. The minimum Gasteiger partial charge on any atom is -0.450 e. The Bertz CT molecular complexity index is 598. The molecule has 6 nitrogen and oxygen atoms in total. The smallest absolute Gasteiger partial charge is 0.404 e. The van der Waals surface area contributed by atoms with Crippen LogP contribution in [0.25, 0.3) is 11.3 Å². The number of carbonyl (C=O) groups is 1. The van der Waals surface area contributed by atoms with Crippen LogP contribution in [0.4, 0.5) is 4.79 Å². The van der Waals surface area contributed by atoms with E-state index in [9.17, 15) is 4.79 Å². The number of aromatic nitrogens is 1. The molecular formula is C14H16ClN3O3. The van der Waals surface area contributed by atoms with Gasteiger partial charge in [-0.1, -0.05) is 11.6 Å². The predicted molar refractivity (Wildman–Crippen MR) is 78.6 cm³/mol. The van der Waals surface area contributed by atoms with E-state index in [1.807, 2.05) is 12.1 Å². The topological polar surface area (TPSA) is 104 Å². The summed E-state index contributed by atoms with van der Waals surface area (Å²) in [6.07, 6.45) is 2.00. The highest BCUT2D eigenvalue weighted by atomic mass is 35.5. The summed E-state index contributed by atoms with van der Waals surface area (Å²) in [7, 11) is 0. The fourth-order valence-corrected chi connectivity index (χ4v) is 1.93. The quantitative estimate of drug-likeness (QED) is 0.798. The standard InChI is InChI=1S/C14H16ClN3O3/c15-10-5-3-9(4-6-10)12-8-18-13(21-12)11(16)2-1-7-20-14(17)19/h3-6,8,11H,1-2,7,16H2,(H2,17,19)/t11-/m0/s1. The summed E-state index contributed by atoms with van der Waals surface area (Å²) in [6.45, 7) is 0.230. The number of oxazole rings is 1. The lowest BCUT2D eigenvalue weighted by Crippen LogP contribution is -2.16. The molecule has 0 saturated carbocycles. The lowest BCUT2D eigenvalue weighted by atomic mass is 10.2. The van der Waals surface area contributed by atoms with E-state index in [1.54, 1.807) is 18.3 Å². The molecule has 0 saturated heterocycles. The van der Waals surface area contributed by atoms with Crippen LogP contribution in [0.5, 0.6) is 0 Å². The van der Waals surface area contributed by atoms with Crippen molar-refractivity contribution in [2.45, 2.75) is 18.9 Å². The van der Waals surface area contributed by atoms with Gasteiger partial charge in [0.1, 0.15) is 0 Å². The number of nitrogens with zero attached hydrogens (tertiary/aromatic N) is 1. The van der Waals surface area contributed by atoms with Crippen LogP contribution < -0.4 is 11.5 Å². The van der Waals surface area contributed by atoms with Crippen LogP contribution in [0.1, 0.15) is 24.8 Å². The van der Waals surface area contributed by atoms with Gasteiger partial charge in [-0.25, -0.2) is 9.78 Å². The van der Waals surface area contributed by atoms with Crippen molar-refractivity contribution in [2.24, 2.45) is 11.5 Å². The van der Waals surface area contributed by atoms with Gasteiger partial charge in [-0.15, -0.1) is 0 Å². The fourth-order valence-electron chi connectivity index (χ4n) is 1.81. The van der Waals surface area contributed by atoms with Crippen LogP contribution in [0, 0.1) is 0 Å². The first-order chi connectivity index (χ1) is 10.1. The van der Waals surface area contributed by atoms with Gasteiger partial charge in [0, 0.05) is 10.6 Å². The van der Waals surface area contributed by atoms with Gasteiger partial charge in [-0.05, 0) is 37.1 Å². The van der Waals surface area contributed by atoms with E-state index in [4.69, 9.17) is 27.5 Å². The van der Waals surface area contributed by atoms with Crippen molar-refractivity contribution in [2.75, 3.05) is 6.61 Å². The normalized spacial score (nSPS) is 12.1. The van der Waals surface area contributed by atoms with Gasteiger partial charge in [0.25, 0.3) is 0 Å². The van der Waals surface area contributed by atoms with Crippen LogP contribution >= 0.6 is 11.6 Å². The second kappa shape index (κ2) is 7.10. The molecule has 2 aromatic rings. The van der Waals surface area contributed by atoms with Crippen molar-refractivity contribution < 1.29 is 13.9 Å². The fraction of sp³-hybridized carbons (Fsp3) is 0.286. The van der Waals surface area contributed by atoms with Crippen LogP contribution in [-0.4, -0.2) is 17.7 Å². The van der Waals surface area contributed by atoms with Gasteiger partial charge in [0.05, 0.1) is 18.8 Å². The summed E-state index contributed by atoms with van der Waals surface area (Å²) >= 11 is 5.84. The lowest BCUT2D eigenvalue weighted by molar-refractivity contribution is 0.153.